The first-order valence-electron chi connectivity index (χ1n) is 5.60. The Labute approximate surface area is 115 Å². The van der Waals surface area contributed by atoms with Crippen molar-refractivity contribution in [2.45, 2.75) is 32.7 Å². The van der Waals surface area contributed by atoms with Gasteiger partial charge < -0.3 is 14.7 Å². The third-order valence-corrected chi connectivity index (χ3v) is 2.82. The Balaban J connectivity index is 2.23. The van der Waals surface area contributed by atoms with E-state index in [4.69, 9.17) is 4.74 Å². The summed E-state index contributed by atoms with van der Waals surface area (Å²) in [5, 5.41) is 9.99. The SMILES string of the molecule is CC(C)(C)OC(O)C1=NC2=C(Br)C=C=CN2C=C1. The molecule has 0 aromatic rings. The molecule has 2 heterocycles. The van der Waals surface area contributed by atoms with Crippen LogP contribution in [0.3, 0.4) is 0 Å². The molecule has 96 valence electrons. The summed E-state index contributed by atoms with van der Waals surface area (Å²) in [4.78, 5) is 6.20. The maximum atomic E-state index is 9.99. The number of allylic oxidation sites excluding steroid dienone is 2. The third-order valence-electron chi connectivity index (χ3n) is 2.24. The van der Waals surface area contributed by atoms with Crippen molar-refractivity contribution >= 4 is 21.6 Å². The molecule has 0 saturated heterocycles. The summed E-state index contributed by atoms with van der Waals surface area (Å²) in [7, 11) is 0. The summed E-state index contributed by atoms with van der Waals surface area (Å²) < 4.78 is 6.29. The molecule has 0 bridgehead atoms. The van der Waals surface area contributed by atoms with Gasteiger partial charge in [-0.15, -0.1) is 5.73 Å². The average Bonchev–Trinajstić information content (AvgIpc) is 2.27. The van der Waals surface area contributed by atoms with Crippen molar-refractivity contribution in [3.8, 4) is 0 Å². The number of aliphatic imine (C=N–C) groups is 1. The fourth-order valence-electron chi connectivity index (χ4n) is 1.51. The zero-order valence-corrected chi connectivity index (χ0v) is 12.1. The minimum Gasteiger partial charge on any atom is -0.363 e. The van der Waals surface area contributed by atoms with Crippen molar-refractivity contribution in [2.75, 3.05) is 0 Å². The van der Waals surface area contributed by atoms with Gasteiger partial charge in [0.05, 0.1) is 16.3 Å². The van der Waals surface area contributed by atoms with Crippen LogP contribution in [0.25, 0.3) is 0 Å². The molecule has 0 amide bonds. The van der Waals surface area contributed by atoms with Crippen LogP contribution in [-0.2, 0) is 4.74 Å². The van der Waals surface area contributed by atoms with E-state index in [0.717, 1.165) is 4.48 Å². The van der Waals surface area contributed by atoms with Gasteiger partial charge in [0.1, 0.15) is 5.71 Å². The summed E-state index contributed by atoms with van der Waals surface area (Å²) in [6.45, 7) is 5.66. The highest BCUT2D eigenvalue weighted by Gasteiger charge is 2.23. The van der Waals surface area contributed by atoms with Crippen LogP contribution in [0.5, 0.6) is 0 Å². The minimum atomic E-state index is -1.04. The molecule has 18 heavy (non-hydrogen) atoms. The maximum Gasteiger partial charge on any atom is 0.199 e. The normalized spacial score (nSPS) is 20.1. The Morgan fingerprint density at radius 3 is 2.89 bits per heavy atom. The first-order valence-corrected chi connectivity index (χ1v) is 6.39. The van der Waals surface area contributed by atoms with Gasteiger partial charge in [0.2, 0.25) is 0 Å². The van der Waals surface area contributed by atoms with Crippen molar-refractivity contribution in [3.63, 3.8) is 0 Å². The largest absolute Gasteiger partial charge is 0.363 e. The molecule has 4 nitrogen and oxygen atoms in total. The smallest absolute Gasteiger partial charge is 0.199 e. The van der Waals surface area contributed by atoms with Crippen LogP contribution in [-0.4, -0.2) is 27.6 Å². The highest BCUT2D eigenvalue weighted by Crippen LogP contribution is 2.26. The predicted molar refractivity (Wildman–Crippen MR) is 73.9 cm³/mol. The molecule has 0 radical (unpaired) electrons. The molecule has 0 spiro atoms. The number of nitrogens with zero attached hydrogens (tertiary/aromatic N) is 2. The molecule has 1 unspecified atom stereocenters. The Hall–Kier alpha value is -1.13. The highest BCUT2D eigenvalue weighted by atomic mass is 79.9. The van der Waals surface area contributed by atoms with Crippen molar-refractivity contribution in [1.29, 1.82) is 0 Å². The lowest BCUT2D eigenvalue weighted by atomic mass is 10.2. The van der Waals surface area contributed by atoms with Gasteiger partial charge in [-0.25, -0.2) is 4.99 Å². The molecule has 5 heteroatoms. The molecule has 2 aliphatic heterocycles. The number of hydrogen-bond acceptors (Lipinski definition) is 4. The van der Waals surface area contributed by atoms with E-state index in [1.165, 1.54) is 0 Å². The van der Waals surface area contributed by atoms with Crippen LogP contribution >= 0.6 is 15.9 Å². The van der Waals surface area contributed by atoms with Gasteiger partial charge in [-0.1, -0.05) is 0 Å². The maximum absolute atomic E-state index is 9.99. The number of fused-ring (bicyclic) bond motifs is 1. The zero-order valence-electron chi connectivity index (χ0n) is 10.5. The second-order valence-corrected chi connectivity index (χ2v) is 5.81. The van der Waals surface area contributed by atoms with Crippen molar-refractivity contribution in [1.82, 2.24) is 4.90 Å². The van der Waals surface area contributed by atoms with Crippen LogP contribution in [0.2, 0.25) is 0 Å². The van der Waals surface area contributed by atoms with Gasteiger partial charge in [0.25, 0.3) is 0 Å². The molecule has 0 aromatic carbocycles. The first kappa shape index (κ1) is 13.3. The fraction of sp³-hybridized carbons (Fsp3) is 0.385. The Morgan fingerprint density at radius 1 is 1.50 bits per heavy atom. The first-order chi connectivity index (χ1) is 8.37. The summed E-state index contributed by atoms with van der Waals surface area (Å²) in [6, 6.07) is 0. The van der Waals surface area contributed by atoms with Crippen LogP contribution in [0.15, 0.2) is 45.6 Å². The summed E-state index contributed by atoms with van der Waals surface area (Å²) in [6.07, 6.45) is 6.06. The molecule has 1 atom stereocenters. The van der Waals surface area contributed by atoms with Crippen molar-refractivity contribution in [3.05, 3.63) is 40.6 Å². The molecule has 0 fully saturated rings. The lowest BCUT2D eigenvalue weighted by Gasteiger charge is -2.27. The molecular formula is C13H15BrN2O2. The highest BCUT2D eigenvalue weighted by molar-refractivity contribution is 9.11. The molecular weight excluding hydrogens is 296 g/mol. The van der Waals surface area contributed by atoms with Crippen molar-refractivity contribution in [2.24, 2.45) is 4.99 Å². The number of aliphatic hydroxyl groups excluding tert-OH is 1. The second kappa shape index (κ2) is 4.86. The number of aliphatic hydroxyl groups is 1. The van der Waals surface area contributed by atoms with Gasteiger partial charge >= 0.3 is 0 Å². The van der Waals surface area contributed by atoms with Crippen LogP contribution in [0, 0.1) is 0 Å². The van der Waals surface area contributed by atoms with Gasteiger partial charge in [-0.05, 0) is 48.9 Å². The summed E-state index contributed by atoms with van der Waals surface area (Å²) in [5.41, 5.74) is 3.03. The standard InChI is InChI=1S/C13H15BrN2O2/c1-13(2,3)18-12(17)10-6-8-16-7-4-5-9(14)11(16)15-10/h5-8,12,17H,1-3H3. The lowest BCUT2D eigenvalue weighted by molar-refractivity contribution is -0.125. The Kier molecular flexibility index (Phi) is 3.59. The van der Waals surface area contributed by atoms with E-state index >= 15 is 0 Å². The fourth-order valence-corrected chi connectivity index (χ4v) is 1.94. The average molecular weight is 311 g/mol. The zero-order chi connectivity index (χ0) is 13.3. The van der Waals surface area contributed by atoms with E-state index in [2.05, 4.69) is 26.7 Å². The van der Waals surface area contributed by atoms with Gasteiger partial charge in [0.15, 0.2) is 12.1 Å². The second-order valence-electron chi connectivity index (χ2n) is 4.95. The van der Waals surface area contributed by atoms with E-state index in [1.54, 1.807) is 18.4 Å². The third kappa shape index (κ3) is 3.00. The van der Waals surface area contributed by atoms with E-state index in [9.17, 15) is 5.11 Å². The number of halogens is 1. The molecule has 0 saturated carbocycles. The van der Waals surface area contributed by atoms with E-state index in [-0.39, 0.29) is 0 Å². The molecule has 2 rings (SSSR count). The van der Waals surface area contributed by atoms with Gasteiger partial charge in [0, 0.05) is 6.20 Å². The molecule has 1 N–H and O–H groups in total. The van der Waals surface area contributed by atoms with E-state index in [1.807, 2.05) is 31.9 Å². The van der Waals surface area contributed by atoms with Crippen molar-refractivity contribution < 1.29 is 9.84 Å². The monoisotopic (exact) mass is 310 g/mol. The van der Waals surface area contributed by atoms with E-state index in [0.29, 0.717) is 11.5 Å². The van der Waals surface area contributed by atoms with Crippen LogP contribution < -0.4 is 0 Å². The molecule has 0 aromatic heterocycles. The summed E-state index contributed by atoms with van der Waals surface area (Å²) >= 11 is 3.40. The lowest BCUT2D eigenvalue weighted by Crippen LogP contribution is -2.34. The van der Waals surface area contributed by atoms with E-state index < -0.39 is 11.9 Å². The minimum absolute atomic E-state index is 0.426. The Bertz CT molecular complexity index is 506. The summed E-state index contributed by atoms with van der Waals surface area (Å²) in [5.74, 6) is 0.711. The number of hydrogen-bond donors (Lipinski definition) is 1. The number of rotatable bonds is 2. The van der Waals surface area contributed by atoms with Gasteiger partial charge in [-0.2, -0.15) is 0 Å². The quantitative estimate of drug-likeness (QED) is 0.630. The Morgan fingerprint density at radius 2 is 2.22 bits per heavy atom. The van der Waals surface area contributed by atoms with Crippen LogP contribution in [0.1, 0.15) is 20.8 Å². The number of ether oxygens (including phenoxy) is 1. The molecule has 2 aliphatic rings. The van der Waals surface area contributed by atoms with Crippen LogP contribution in [0.4, 0.5) is 0 Å². The topological polar surface area (TPSA) is 45.1 Å². The molecule has 0 aliphatic carbocycles. The van der Waals surface area contributed by atoms with Gasteiger partial charge in [-0.3, -0.25) is 0 Å². The predicted octanol–water partition coefficient (Wildman–Crippen LogP) is 2.64.